The van der Waals surface area contributed by atoms with Crippen LogP contribution in [0.4, 0.5) is 0 Å². The molecule has 0 saturated carbocycles. The molecule has 0 radical (unpaired) electrons. The normalized spacial score (nSPS) is 19.2. The van der Waals surface area contributed by atoms with Gasteiger partial charge < -0.3 is 18.8 Å². The highest BCUT2D eigenvalue weighted by Gasteiger charge is 2.55. The molecule has 1 fully saturated rings. The van der Waals surface area contributed by atoms with Crippen molar-refractivity contribution in [1.82, 2.24) is 4.90 Å². The summed E-state index contributed by atoms with van der Waals surface area (Å²) in [7, 11) is -2.02. The minimum absolute atomic E-state index is 0.130. The number of rotatable bonds is 13. The zero-order valence-electron chi connectivity index (χ0n) is 24.2. The molecule has 0 unspecified atom stereocenters. The van der Waals surface area contributed by atoms with E-state index >= 15 is 0 Å². The highest BCUT2D eigenvalue weighted by Crippen LogP contribution is 2.40. The number of thioether (sulfide) groups is 1. The summed E-state index contributed by atoms with van der Waals surface area (Å²) in [4.78, 5) is 53.4. The third-order valence-corrected chi connectivity index (χ3v) is 13.5. The Labute approximate surface area is 242 Å². The van der Waals surface area contributed by atoms with E-state index in [2.05, 4.69) is 20.8 Å². The molecule has 0 N–H and O–H groups in total. The minimum atomic E-state index is -2.02. The van der Waals surface area contributed by atoms with Gasteiger partial charge >= 0.3 is 11.9 Å². The van der Waals surface area contributed by atoms with Crippen molar-refractivity contribution in [2.24, 2.45) is 17.3 Å². The molecule has 218 valence electrons. The van der Waals surface area contributed by atoms with Crippen LogP contribution in [0, 0.1) is 17.3 Å². The number of carbonyl (C=O) groups excluding carboxylic acids is 4. The molecule has 0 spiro atoms. The van der Waals surface area contributed by atoms with Crippen LogP contribution in [0.2, 0.25) is 23.2 Å². The van der Waals surface area contributed by atoms with E-state index < -0.39 is 56.4 Å². The zero-order valence-corrected chi connectivity index (χ0v) is 26.8. The summed E-state index contributed by atoms with van der Waals surface area (Å²) in [6.45, 7) is 14.2. The average molecular weight is 600 g/mol. The molecule has 39 heavy (non-hydrogen) atoms. The van der Waals surface area contributed by atoms with Crippen LogP contribution in [0.1, 0.15) is 55.4 Å². The van der Waals surface area contributed by atoms with Crippen molar-refractivity contribution < 1.29 is 33.1 Å². The van der Waals surface area contributed by atoms with Crippen molar-refractivity contribution in [2.45, 2.75) is 90.6 Å². The van der Waals surface area contributed by atoms with Crippen molar-refractivity contribution in [3.63, 3.8) is 0 Å². The zero-order chi connectivity index (χ0) is 29.5. The predicted molar refractivity (Wildman–Crippen MR) is 155 cm³/mol. The highest BCUT2D eigenvalue weighted by molar-refractivity contribution is 8.13. The number of esters is 2. The quantitative estimate of drug-likeness (QED) is 0.0905. The lowest BCUT2D eigenvalue weighted by Crippen LogP contribution is -2.69. The Balaban J connectivity index is 2.19. The Hall–Kier alpha value is -1.88. The molecule has 1 aliphatic rings. The van der Waals surface area contributed by atoms with E-state index in [1.165, 1.54) is 4.90 Å². The van der Waals surface area contributed by atoms with Crippen LogP contribution in [-0.2, 0) is 33.1 Å². The first kappa shape index (κ1) is 33.3. The molecule has 1 heterocycles. The van der Waals surface area contributed by atoms with Gasteiger partial charge in [0.1, 0.15) is 6.54 Å². The SMILES string of the molecule is CC[Si](CC)(CC)O[C@H](C)[C@H]1C(=O)N(CC(=O)OCOC(=O)C(C)(C)C)[C@@H]1[C@@H](C)C(=O)Sc1ccc(Cl)cc1. The van der Waals surface area contributed by atoms with Gasteiger partial charge in [-0.2, -0.15) is 0 Å². The average Bonchev–Trinajstić information content (AvgIpc) is 2.89. The Kier molecular flexibility index (Phi) is 12.1. The maximum absolute atomic E-state index is 13.4. The molecule has 1 aliphatic heterocycles. The van der Waals surface area contributed by atoms with Crippen LogP contribution in [0.5, 0.6) is 0 Å². The van der Waals surface area contributed by atoms with Crippen LogP contribution in [-0.4, -0.2) is 61.7 Å². The third kappa shape index (κ3) is 8.55. The topological polar surface area (TPSA) is 99.2 Å². The first-order valence-corrected chi connectivity index (χ1v) is 17.2. The Morgan fingerprint density at radius 1 is 1.03 bits per heavy atom. The maximum atomic E-state index is 13.4. The summed E-state index contributed by atoms with van der Waals surface area (Å²) in [5.41, 5.74) is -0.736. The monoisotopic (exact) mass is 599 g/mol. The van der Waals surface area contributed by atoms with E-state index in [4.69, 9.17) is 25.5 Å². The summed E-state index contributed by atoms with van der Waals surface area (Å²) in [5.74, 6) is -2.61. The fourth-order valence-corrected chi connectivity index (χ4v) is 8.60. The number of halogens is 1. The van der Waals surface area contributed by atoms with E-state index in [1.807, 2.05) is 6.92 Å². The number of nitrogens with zero attached hydrogens (tertiary/aromatic N) is 1. The molecule has 0 aromatic heterocycles. The van der Waals surface area contributed by atoms with E-state index in [9.17, 15) is 19.2 Å². The fourth-order valence-electron chi connectivity index (χ4n) is 4.71. The number of benzene rings is 1. The Morgan fingerprint density at radius 2 is 1.59 bits per heavy atom. The van der Waals surface area contributed by atoms with Gasteiger partial charge in [-0.1, -0.05) is 51.1 Å². The Bertz CT molecular complexity index is 1020. The molecular weight excluding hydrogens is 558 g/mol. The van der Waals surface area contributed by atoms with Gasteiger partial charge in [-0.05, 0) is 70.1 Å². The summed E-state index contributed by atoms with van der Waals surface area (Å²) in [6, 6.07) is 9.22. The molecule has 1 aromatic carbocycles. The second kappa shape index (κ2) is 14.1. The van der Waals surface area contributed by atoms with Gasteiger partial charge in [0.25, 0.3) is 0 Å². The van der Waals surface area contributed by atoms with Crippen LogP contribution in [0.15, 0.2) is 29.2 Å². The number of ether oxygens (including phenoxy) is 2. The van der Waals surface area contributed by atoms with Gasteiger partial charge in [-0.15, -0.1) is 0 Å². The molecule has 8 nitrogen and oxygen atoms in total. The molecule has 1 aromatic rings. The number of hydrogen-bond donors (Lipinski definition) is 0. The summed E-state index contributed by atoms with van der Waals surface area (Å²) >= 11 is 7.05. The first-order valence-electron chi connectivity index (χ1n) is 13.5. The molecule has 1 amide bonds. The lowest BCUT2D eigenvalue weighted by Gasteiger charge is -2.52. The van der Waals surface area contributed by atoms with Crippen molar-refractivity contribution >= 4 is 54.6 Å². The van der Waals surface area contributed by atoms with Gasteiger partial charge in [0.2, 0.25) is 12.7 Å². The number of likely N-dealkylation sites (tertiary alicyclic amines) is 1. The van der Waals surface area contributed by atoms with E-state index in [-0.39, 0.29) is 17.6 Å². The van der Waals surface area contributed by atoms with Gasteiger partial charge in [0, 0.05) is 15.8 Å². The molecule has 2 rings (SSSR count). The smallest absolute Gasteiger partial charge is 0.328 e. The van der Waals surface area contributed by atoms with Crippen LogP contribution in [0.25, 0.3) is 0 Å². The van der Waals surface area contributed by atoms with Crippen molar-refractivity contribution in [1.29, 1.82) is 0 Å². The molecule has 4 atom stereocenters. The van der Waals surface area contributed by atoms with Crippen molar-refractivity contribution in [3.8, 4) is 0 Å². The van der Waals surface area contributed by atoms with E-state index in [1.54, 1.807) is 52.0 Å². The molecule has 1 saturated heterocycles. The third-order valence-electron chi connectivity index (χ3n) is 7.41. The standard InChI is InChI=1S/C28H42ClNO7SSi/c1-9-39(10-2,11-3)37-19(5)23-24(18(4)26(33)38-21-14-12-20(29)13-15-21)30(25(23)32)16-22(31)35-17-36-27(34)28(6,7)8/h12-15,18-19,23-24H,9-11,16-17H2,1-8H3/t18-,19-,23-,24-/m1/s1. The van der Waals surface area contributed by atoms with Gasteiger partial charge in [-0.3, -0.25) is 19.2 Å². The van der Waals surface area contributed by atoms with Crippen LogP contribution < -0.4 is 0 Å². The van der Waals surface area contributed by atoms with Crippen LogP contribution >= 0.6 is 23.4 Å². The molecule has 0 aliphatic carbocycles. The predicted octanol–water partition coefficient (Wildman–Crippen LogP) is 5.92. The molecule has 11 heteroatoms. The van der Waals surface area contributed by atoms with Gasteiger partial charge in [0.05, 0.1) is 23.5 Å². The van der Waals surface area contributed by atoms with Crippen molar-refractivity contribution in [3.05, 3.63) is 29.3 Å². The number of amides is 1. The van der Waals surface area contributed by atoms with Crippen molar-refractivity contribution in [2.75, 3.05) is 13.3 Å². The lowest BCUT2D eigenvalue weighted by atomic mass is 9.77. The highest BCUT2D eigenvalue weighted by atomic mass is 35.5. The first-order chi connectivity index (χ1) is 18.2. The number of β-lactam (4-membered cyclic amide) rings is 1. The minimum Gasteiger partial charge on any atom is -0.427 e. The maximum Gasteiger partial charge on any atom is 0.328 e. The number of carbonyl (C=O) groups is 4. The van der Waals surface area contributed by atoms with Gasteiger partial charge in [0.15, 0.2) is 13.4 Å². The Morgan fingerprint density at radius 3 is 2.10 bits per heavy atom. The number of hydrogen-bond acceptors (Lipinski definition) is 8. The second-order valence-corrected chi connectivity index (χ2v) is 17.3. The fraction of sp³-hybridized carbons (Fsp3) is 0.643. The van der Waals surface area contributed by atoms with E-state index in [0.717, 1.165) is 34.8 Å². The molecular formula is C28H42ClNO7SSi. The summed E-state index contributed by atoms with van der Waals surface area (Å²) < 4.78 is 16.7. The second-order valence-electron chi connectivity index (χ2n) is 11.0. The summed E-state index contributed by atoms with van der Waals surface area (Å²) in [5, 5.41) is 0.443. The lowest BCUT2D eigenvalue weighted by molar-refractivity contribution is -0.182. The van der Waals surface area contributed by atoms with Crippen LogP contribution in [0.3, 0.4) is 0 Å². The summed E-state index contributed by atoms with van der Waals surface area (Å²) in [6.07, 6.45) is -0.398. The largest absolute Gasteiger partial charge is 0.427 e. The van der Waals surface area contributed by atoms with E-state index in [0.29, 0.717) is 5.02 Å². The van der Waals surface area contributed by atoms with Gasteiger partial charge in [-0.25, -0.2) is 0 Å². The molecule has 0 bridgehead atoms.